The molecule has 0 aliphatic rings. The van der Waals surface area contributed by atoms with Gasteiger partial charge in [-0.3, -0.25) is 4.79 Å². The minimum atomic E-state index is -0.365. The summed E-state index contributed by atoms with van der Waals surface area (Å²) in [5.74, 6) is 0.524. The van der Waals surface area contributed by atoms with Gasteiger partial charge in [0.05, 0.1) is 6.04 Å². The lowest BCUT2D eigenvalue weighted by molar-refractivity contribution is -0.149. The summed E-state index contributed by atoms with van der Waals surface area (Å²) in [6.07, 6.45) is 0.901. The second-order valence-corrected chi connectivity index (χ2v) is 7.29. The van der Waals surface area contributed by atoms with E-state index in [0.29, 0.717) is 12.3 Å². The molecule has 0 aliphatic carbocycles. The van der Waals surface area contributed by atoms with Crippen LogP contribution in [0.4, 0.5) is 0 Å². The van der Waals surface area contributed by atoms with Gasteiger partial charge in [-0.25, -0.2) is 0 Å². The van der Waals surface area contributed by atoms with E-state index in [-0.39, 0.29) is 24.2 Å². The number of carbonyl (C=O) groups excluding carboxylic acids is 1. The largest absolute Gasteiger partial charge is 0.356 e. The van der Waals surface area contributed by atoms with Crippen LogP contribution in [0.25, 0.3) is 10.8 Å². The number of nitrogens with one attached hydrogen (secondary N) is 1. The second-order valence-electron chi connectivity index (χ2n) is 7.29. The van der Waals surface area contributed by atoms with Gasteiger partial charge in [0.25, 0.3) is 0 Å². The third kappa shape index (κ3) is 5.29. The van der Waals surface area contributed by atoms with Crippen molar-refractivity contribution in [2.45, 2.75) is 45.9 Å². The Labute approximate surface area is 156 Å². The summed E-state index contributed by atoms with van der Waals surface area (Å²) in [4.78, 5) is 12.7. The standard InChI is InChI=1S/C22H31NO3/c1-15(2)13-18(22(25-4)26-5)14-21(24)23-16(3)19-12-8-10-17-9-6-7-11-20(17)19/h6-12,15-16,18,22H,13-14H2,1-5H3,(H,23,24). The van der Waals surface area contributed by atoms with Crippen LogP contribution in [-0.2, 0) is 14.3 Å². The lowest BCUT2D eigenvalue weighted by Crippen LogP contribution is -2.34. The number of rotatable bonds is 9. The number of hydrogen-bond donors (Lipinski definition) is 1. The summed E-state index contributed by atoms with van der Waals surface area (Å²) in [6.45, 7) is 6.32. The number of hydrogen-bond acceptors (Lipinski definition) is 3. The molecular formula is C22H31NO3. The zero-order chi connectivity index (χ0) is 19.1. The van der Waals surface area contributed by atoms with Crippen LogP contribution in [0.2, 0.25) is 0 Å². The summed E-state index contributed by atoms with van der Waals surface area (Å²) >= 11 is 0. The predicted octanol–water partition coefficient (Wildman–Crippen LogP) is 4.69. The zero-order valence-corrected chi connectivity index (χ0v) is 16.5. The molecule has 2 aromatic rings. The van der Waals surface area contributed by atoms with Gasteiger partial charge in [0.15, 0.2) is 6.29 Å². The fourth-order valence-corrected chi connectivity index (χ4v) is 3.62. The number of methoxy groups -OCH3 is 2. The van der Waals surface area contributed by atoms with Gasteiger partial charge in [0.2, 0.25) is 5.91 Å². The Kier molecular flexibility index (Phi) is 7.61. The van der Waals surface area contributed by atoms with Crippen molar-refractivity contribution in [2.75, 3.05) is 14.2 Å². The first-order chi connectivity index (χ1) is 12.5. The van der Waals surface area contributed by atoms with E-state index in [1.165, 1.54) is 10.8 Å². The van der Waals surface area contributed by atoms with Gasteiger partial charge in [0, 0.05) is 26.6 Å². The van der Waals surface area contributed by atoms with E-state index in [1.54, 1.807) is 14.2 Å². The molecule has 1 amide bonds. The Morgan fingerprint density at radius 2 is 1.65 bits per heavy atom. The van der Waals surface area contributed by atoms with Crippen LogP contribution in [0.15, 0.2) is 42.5 Å². The van der Waals surface area contributed by atoms with Crippen molar-refractivity contribution in [3.8, 4) is 0 Å². The Hall–Kier alpha value is -1.91. The summed E-state index contributed by atoms with van der Waals surface area (Å²) in [7, 11) is 3.25. The normalized spacial score (nSPS) is 14.0. The SMILES string of the molecule is COC(OC)C(CC(=O)NC(C)c1cccc2ccccc12)CC(C)C. The van der Waals surface area contributed by atoms with Crippen LogP contribution >= 0.6 is 0 Å². The van der Waals surface area contributed by atoms with Gasteiger partial charge in [-0.2, -0.15) is 0 Å². The van der Waals surface area contributed by atoms with Gasteiger partial charge < -0.3 is 14.8 Å². The van der Waals surface area contributed by atoms with E-state index >= 15 is 0 Å². The van der Waals surface area contributed by atoms with Crippen molar-refractivity contribution in [3.63, 3.8) is 0 Å². The Morgan fingerprint density at radius 1 is 1.00 bits per heavy atom. The summed E-state index contributed by atoms with van der Waals surface area (Å²) in [5, 5.41) is 5.50. The lowest BCUT2D eigenvalue weighted by atomic mass is 9.92. The van der Waals surface area contributed by atoms with Crippen LogP contribution in [0, 0.1) is 11.8 Å². The van der Waals surface area contributed by atoms with Crippen LogP contribution in [-0.4, -0.2) is 26.4 Å². The van der Waals surface area contributed by atoms with E-state index in [4.69, 9.17) is 9.47 Å². The predicted molar refractivity (Wildman–Crippen MR) is 106 cm³/mol. The molecule has 142 valence electrons. The minimum Gasteiger partial charge on any atom is -0.356 e. The third-order valence-electron chi connectivity index (χ3n) is 4.74. The molecule has 0 spiro atoms. The topological polar surface area (TPSA) is 47.6 Å². The monoisotopic (exact) mass is 357 g/mol. The highest BCUT2D eigenvalue weighted by atomic mass is 16.7. The van der Waals surface area contributed by atoms with E-state index in [2.05, 4.69) is 43.4 Å². The average Bonchev–Trinajstić information content (AvgIpc) is 2.61. The smallest absolute Gasteiger partial charge is 0.220 e. The highest BCUT2D eigenvalue weighted by Crippen LogP contribution is 2.26. The third-order valence-corrected chi connectivity index (χ3v) is 4.74. The minimum absolute atomic E-state index is 0.0233. The quantitative estimate of drug-likeness (QED) is 0.662. The van der Waals surface area contributed by atoms with Crippen molar-refractivity contribution in [1.29, 1.82) is 0 Å². The highest BCUT2D eigenvalue weighted by Gasteiger charge is 2.25. The van der Waals surface area contributed by atoms with Crippen molar-refractivity contribution in [3.05, 3.63) is 48.0 Å². The Balaban J connectivity index is 2.09. The van der Waals surface area contributed by atoms with Gasteiger partial charge in [0.1, 0.15) is 0 Å². The van der Waals surface area contributed by atoms with E-state index in [9.17, 15) is 4.79 Å². The molecule has 1 N–H and O–H groups in total. The molecule has 0 saturated heterocycles. The van der Waals surface area contributed by atoms with E-state index < -0.39 is 0 Å². The first-order valence-electron chi connectivity index (χ1n) is 9.28. The van der Waals surface area contributed by atoms with Crippen molar-refractivity contribution >= 4 is 16.7 Å². The van der Waals surface area contributed by atoms with Crippen molar-refractivity contribution < 1.29 is 14.3 Å². The van der Waals surface area contributed by atoms with Crippen LogP contribution in [0.3, 0.4) is 0 Å². The molecule has 0 bridgehead atoms. The lowest BCUT2D eigenvalue weighted by Gasteiger charge is -2.26. The van der Waals surface area contributed by atoms with Gasteiger partial charge in [-0.1, -0.05) is 56.3 Å². The zero-order valence-electron chi connectivity index (χ0n) is 16.5. The van der Waals surface area contributed by atoms with Gasteiger partial charge in [-0.15, -0.1) is 0 Å². The number of benzene rings is 2. The van der Waals surface area contributed by atoms with E-state index in [0.717, 1.165) is 12.0 Å². The maximum atomic E-state index is 12.7. The average molecular weight is 357 g/mol. The molecule has 0 aliphatic heterocycles. The van der Waals surface area contributed by atoms with Crippen LogP contribution < -0.4 is 5.32 Å². The fraction of sp³-hybridized carbons (Fsp3) is 0.500. The molecule has 0 heterocycles. The first-order valence-corrected chi connectivity index (χ1v) is 9.28. The molecule has 0 saturated carbocycles. The Morgan fingerprint density at radius 3 is 2.31 bits per heavy atom. The van der Waals surface area contributed by atoms with Crippen molar-refractivity contribution in [2.24, 2.45) is 11.8 Å². The molecule has 26 heavy (non-hydrogen) atoms. The second kappa shape index (κ2) is 9.70. The summed E-state index contributed by atoms with van der Waals surface area (Å²) in [5.41, 5.74) is 1.13. The number of carbonyl (C=O) groups is 1. The first kappa shape index (κ1) is 20.4. The Bertz CT molecular complexity index is 704. The maximum absolute atomic E-state index is 12.7. The molecular weight excluding hydrogens is 326 g/mol. The fourth-order valence-electron chi connectivity index (χ4n) is 3.62. The van der Waals surface area contributed by atoms with Gasteiger partial charge >= 0.3 is 0 Å². The van der Waals surface area contributed by atoms with Crippen molar-refractivity contribution in [1.82, 2.24) is 5.32 Å². The molecule has 4 heteroatoms. The van der Waals surface area contributed by atoms with Crippen LogP contribution in [0.1, 0.15) is 45.2 Å². The molecule has 0 fully saturated rings. The van der Waals surface area contributed by atoms with Crippen LogP contribution in [0.5, 0.6) is 0 Å². The highest BCUT2D eigenvalue weighted by molar-refractivity contribution is 5.86. The maximum Gasteiger partial charge on any atom is 0.220 e. The summed E-state index contributed by atoms with van der Waals surface area (Å²) < 4.78 is 10.8. The van der Waals surface area contributed by atoms with E-state index in [1.807, 2.05) is 25.1 Å². The number of ether oxygens (including phenoxy) is 2. The molecule has 2 rings (SSSR count). The number of fused-ring (bicyclic) bond motifs is 1. The molecule has 0 radical (unpaired) electrons. The summed E-state index contributed by atoms with van der Waals surface area (Å²) in [6, 6.07) is 14.4. The number of amides is 1. The molecule has 2 aromatic carbocycles. The molecule has 2 unspecified atom stereocenters. The molecule has 2 atom stereocenters. The molecule has 0 aromatic heterocycles. The van der Waals surface area contributed by atoms with Gasteiger partial charge in [-0.05, 0) is 35.6 Å². The molecule has 4 nitrogen and oxygen atoms in total.